The molecule has 1 atom stereocenters. The Morgan fingerprint density at radius 1 is 1.05 bits per heavy atom. The van der Waals surface area contributed by atoms with Crippen LogP contribution in [0.2, 0.25) is 5.02 Å². The molecule has 2 heterocycles. The highest BCUT2D eigenvalue weighted by atomic mass is 35.5. The fraction of sp³-hybridized carbons (Fsp3) is 0.233. The predicted molar refractivity (Wildman–Crippen MR) is 156 cm³/mol. The summed E-state index contributed by atoms with van der Waals surface area (Å²) in [7, 11) is 3.03. The molecule has 1 amide bonds. The molecule has 0 spiro atoms. The summed E-state index contributed by atoms with van der Waals surface area (Å²) >= 11 is 7.41. The Balaban J connectivity index is 1.69. The van der Waals surface area contributed by atoms with Crippen LogP contribution in [0.25, 0.3) is 16.0 Å². The maximum Gasteiger partial charge on any atom is 0.301 e. The van der Waals surface area contributed by atoms with Gasteiger partial charge in [-0.2, -0.15) is 0 Å². The van der Waals surface area contributed by atoms with Crippen LogP contribution in [0.15, 0.2) is 66.2 Å². The lowest BCUT2D eigenvalue weighted by Crippen LogP contribution is -2.29. The Morgan fingerprint density at radius 2 is 1.88 bits per heavy atom. The minimum atomic E-state index is -0.985. The third kappa shape index (κ3) is 5.10. The zero-order chi connectivity index (χ0) is 28.4. The van der Waals surface area contributed by atoms with Crippen LogP contribution < -0.4 is 19.1 Å². The predicted octanol–water partition coefficient (Wildman–Crippen LogP) is 6.77. The molecule has 1 fully saturated rings. The Labute approximate surface area is 240 Å². The molecule has 1 aliphatic rings. The Bertz CT molecular complexity index is 1630. The Hall–Kier alpha value is -4.08. The molecule has 5 rings (SSSR count). The van der Waals surface area contributed by atoms with Crippen molar-refractivity contribution in [1.82, 2.24) is 4.98 Å². The van der Waals surface area contributed by atoms with Gasteiger partial charge in [0, 0.05) is 10.6 Å². The molecule has 1 aliphatic heterocycles. The van der Waals surface area contributed by atoms with Gasteiger partial charge in [0.1, 0.15) is 11.5 Å². The summed E-state index contributed by atoms with van der Waals surface area (Å²) in [6, 6.07) is 16.1. The summed E-state index contributed by atoms with van der Waals surface area (Å²) in [6.07, 6.45) is 1.86. The van der Waals surface area contributed by atoms with Gasteiger partial charge in [0.05, 0.1) is 42.7 Å². The van der Waals surface area contributed by atoms with E-state index in [1.807, 2.05) is 0 Å². The van der Waals surface area contributed by atoms with E-state index >= 15 is 0 Å². The third-order valence-electron chi connectivity index (χ3n) is 6.59. The number of halogens is 1. The standard InChI is InChI=1S/C30H27ClN2O6S/c1-4-5-13-39-22-12-9-17(15-23(22)38-3)26-25(27(34)18-7-6-8-20(14-18)37-2)28(35)29(36)33(26)30-32-21-11-10-19(31)16-24(21)40-30/h6-12,14-16,26,34H,4-5,13H2,1-3H3. The highest BCUT2D eigenvalue weighted by molar-refractivity contribution is 7.22. The molecule has 1 unspecified atom stereocenters. The van der Waals surface area contributed by atoms with E-state index in [0.717, 1.165) is 17.5 Å². The van der Waals surface area contributed by atoms with Crippen LogP contribution >= 0.6 is 22.9 Å². The van der Waals surface area contributed by atoms with E-state index in [0.29, 0.717) is 50.7 Å². The molecule has 206 valence electrons. The zero-order valence-corrected chi connectivity index (χ0v) is 23.7. The lowest BCUT2D eigenvalue weighted by atomic mass is 9.95. The minimum Gasteiger partial charge on any atom is -0.507 e. The van der Waals surface area contributed by atoms with E-state index in [2.05, 4.69) is 11.9 Å². The molecule has 3 aromatic carbocycles. The second-order valence-corrected chi connectivity index (χ2v) is 10.6. The monoisotopic (exact) mass is 578 g/mol. The van der Waals surface area contributed by atoms with Crippen LogP contribution in [0.4, 0.5) is 5.13 Å². The second kappa shape index (κ2) is 11.6. The molecule has 0 saturated carbocycles. The molecular weight excluding hydrogens is 552 g/mol. The molecule has 4 aromatic rings. The third-order valence-corrected chi connectivity index (χ3v) is 7.84. The van der Waals surface area contributed by atoms with Crippen molar-refractivity contribution in [2.24, 2.45) is 0 Å². The fourth-order valence-electron chi connectivity index (χ4n) is 4.56. The number of aliphatic hydroxyl groups is 1. The normalized spacial score (nSPS) is 16.5. The van der Waals surface area contributed by atoms with Crippen molar-refractivity contribution in [3.8, 4) is 17.2 Å². The van der Waals surface area contributed by atoms with Gasteiger partial charge in [0.25, 0.3) is 5.78 Å². The lowest BCUT2D eigenvalue weighted by Gasteiger charge is -2.24. The number of unbranched alkanes of at least 4 members (excludes halogenated alkanes) is 1. The summed E-state index contributed by atoms with van der Waals surface area (Å²) in [5.41, 5.74) is 1.44. The van der Waals surface area contributed by atoms with Crippen molar-refractivity contribution in [3.05, 3.63) is 82.4 Å². The molecular formula is C30H27ClN2O6S. The maximum absolute atomic E-state index is 13.6. The number of benzene rings is 3. The number of anilines is 1. The summed E-state index contributed by atoms with van der Waals surface area (Å²) in [4.78, 5) is 33.1. The molecule has 0 aliphatic carbocycles. The molecule has 1 aromatic heterocycles. The topological polar surface area (TPSA) is 98.2 Å². The second-order valence-electron chi connectivity index (χ2n) is 9.12. The number of thiazole rings is 1. The van der Waals surface area contributed by atoms with Crippen LogP contribution in [-0.2, 0) is 9.59 Å². The molecule has 0 bridgehead atoms. The summed E-state index contributed by atoms with van der Waals surface area (Å²) in [6.45, 7) is 2.60. The van der Waals surface area contributed by atoms with Crippen molar-refractivity contribution in [1.29, 1.82) is 0 Å². The first-order valence-corrected chi connectivity index (χ1v) is 13.9. The van der Waals surface area contributed by atoms with Gasteiger partial charge in [0.2, 0.25) is 0 Å². The smallest absolute Gasteiger partial charge is 0.301 e. The number of carbonyl (C=O) groups is 2. The van der Waals surface area contributed by atoms with Crippen molar-refractivity contribution in [3.63, 3.8) is 0 Å². The number of aromatic nitrogens is 1. The van der Waals surface area contributed by atoms with Crippen LogP contribution in [0.1, 0.15) is 36.9 Å². The van der Waals surface area contributed by atoms with E-state index in [1.165, 1.54) is 30.5 Å². The van der Waals surface area contributed by atoms with Gasteiger partial charge in [0.15, 0.2) is 16.6 Å². The number of rotatable bonds is 9. The maximum atomic E-state index is 13.6. The fourth-order valence-corrected chi connectivity index (χ4v) is 5.83. The number of carbonyl (C=O) groups excluding carboxylic acids is 2. The molecule has 0 radical (unpaired) electrons. The number of hydrogen-bond acceptors (Lipinski definition) is 8. The van der Waals surface area contributed by atoms with Gasteiger partial charge in [-0.1, -0.05) is 54.5 Å². The average molecular weight is 579 g/mol. The number of fused-ring (bicyclic) bond motifs is 1. The van der Waals surface area contributed by atoms with Gasteiger partial charge in [-0.05, 0) is 54.4 Å². The van der Waals surface area contributed by atoms with E-state index < -0.39 is 17.7 Å². The number of nitrogens with zero attached hydrogens (tertiary/aromatic N) is 2. The zero-order valence-electron chi connectivity index (χ0n) is 22.1. The van der Waals surface area contributed by atoms with E-state index in [-0.39, 0.29) is 11.3 Å². The molecule has 40 heavy (non-hydrogen) atoms. The number of methoxy groups -OCH3 is 2. The number of ether oxygens (including phenoxy) is 3. The number of hydrogen-bond donors (Lipinski definition) is 1. The number of Topliss-reactive ketones (excluding diaryl/α,β-unsaturated/α-hetero) is 1. The van der Waals surface area contributed by atoms with Gasteiger partial charge < -0.3 is 19.3 Å². The number of ketones is 1. The van der Waals surface area contributed by atoms with Crippen LogP contribution in [0.5, 0.6) is 17.2 Å². The highest BCUT2D eigenvalue weighted by Crippen LogP contribution is 2.46. The van der Waals surface area contributed by atoms with Crippen LogP contribution in [0, 0.1) is 0 Å². The summed E-state index contributed by atoms with van der Waals surface area (Å²) in [5, 5.41) is 12.3. The summed E-state index contributed by atoms with van der Waals surface area (Å²) < 4.78 is 17.6. The van der Waals surface area contributed by atoms with Gasteiger partial charge in [-0.15, -0.1) is 0 Å². The van der Waals surface area contributed by atoms with Crippen molar-refractivity contribution >= 4 is 55.7 Å². The Kier molecular flexibility index (Phi) is 7.95. The first kappa shape index (κ1) is 27.5. The van der Waals surface area contributed by atoms with E-state index in [1.54, 1.807) is 60.7 Å². The molecule has 10 heteroatoms. The van der Waals surface area contributed by atoms with Crippen molar-refractivity contribution in [2.75, 3.05) is 25.7 Å². The first-order valence-electron chi connectivity index (χ1n) is 12.7. The SMILES string of the molecule is CCCCOc1ccc(C2C(=C(O)c3cccc(OC)c3)C(=O)C(=O)N2c2nc3ccc(Cl)cc3s2)cc1OC. The summed E-state index contributed by atoms with van der Waals surface area (Å²) in [5.74, 6) is -0.480. The highest BCUT2D eigenvalue weighted by Gasteiger charge is 2.48. The minimum absolute atomic E-state index is 0.0720. The Morgan fingerprint density at radius 3 is 2.62 bits per heavy atom. The molecule has 1 N–H and O–H groups in total. The van der Waals surface area contributed by atoms with Crippen molar-refractivity contribution in [2.45, 2.75) is 25.8 Å². The van der Waals surface area contributed by atoms with E-state index in [9.17, 15) is 14.7 Å². The van der Waals surface area contributed by atoms with Gasteiger partial charge in [-0.3, -0.25) is 14.5 Å². The number of amides is 1. The lowest BCUT2D eigenvalue weighted by molar-refractivity contribution is -0.132. The van der Waals surface area contributed by atoms with Crippen molar-refractivity contribution < 1.29 is 28.9 Å². The van der Waals surface area contributed by atoms with Crippen LogP contribution in [0.3, 0.4) is 0 Å². The number of aliphatic hydroxyl groups excluding tert-OH is 1. The first-order chi connectivity index (χ1) is 19.4. The van der Waals surface area contributed by atoms with Gasteiger partial charge >= 0.3 is 5.91 Å². The van der Waals surface area contributed by atoms with Crippen LogP contribution in [-0.4, -0.2) is 42.6 Å². The molecule has 8 nitrogen and oxygen atoms in total. The average Bonchev–Trinajstić information content (AvgIpc) is 3.50. The van der Waals surface area contributed by atoms with Gasteiger partial charge in [-0.25, -0.2) is 4.98 Å². The van der Waals surface area contributed by atoms with E-state index in [4.69, 9.17) is 25.8 Å². The largest absolute Gasteiger partial charge is 0.507 e. The molecule has 1 saturated heterocycles. The quantitative estimate of drug-likeness (QED) is 0.101.